The van der Waals surface area contributed by atoms with Crippen LogP contribution in [0.15, 0.2) is 21.8 Å². The fourth-order valence-corrected chi connectivity index (χ4v) is 0.829. The molecule has 0 aromatic carbocycles. The molecule has 0 saturated heterocycles. The number of hydrogen-bond donors (Lipinski definition) is 0. The average molecular weight is 222 g/mol. The monoisotopic (exact) mass is 222 g/mol. The SMILES string of the molecule is CC(/C=C/I)=C\C=O. The Labute approximate surface area is 62.6 Å². The lowest BCUT2D eigenvalue weighted by Crippen LogP contribution is -1.66. The Bertz CT molecular complexity index is 124. The lowest BCUT2D eigenvalue weighted by molar-refractivity contribution is -0.104. The molecule has 0 fully saturated rings. The number of carbonyl (C=O) groups is 1. The molecule has 2 heteroatoms. The van der Waals surface area contributed by atoms with Crippen LogP contribution in [0.4, 0.5) is 0 Å². The summed E-state index contributed by atoms with van der Waals surface area (Å²) in [6.07, 6.45) is 4.18. The van der Waals surface area contributed by atoms with Crippen molar-refractivity contribution in [3.8, 4) is 0 Å². The third-order valence-corrected chi connectivity index (χ3v) is 1.02. The molecule has 0 unspecified atom stereocenters. The van der Waals surface area contributed by atoms with E-state index in [1.54, 1.807) is 0 Å². The summed E-state index contributed by atoms with van der Waals surface area (Å²) in [6.45, 7) is 1.88. The Morgan fingerprint density at radius 2 is 2.25 bits per heavy atom. The highest BCUT2D eigenvalue weighted by molar-refractivity contribution is 14.1. The van der Waals surface area contributed by atoms with Crippen LogP contribution in [0.1, 0.15) is 6.92 Å². The highest BCUT2D eigenvalue weighted by Gasteiger charge is 1.74. The Morgan fingerprint density at radius 3 is 2.62 bits per heavy atom. The lowest BCUT2D eigenvalue weighted by Gasteiger charge is -1.80. The maximum atomic E-state index is 9.78. The van der Waals surface area contributed by atoms with Gasteiger partial charge in [0.1, 0.15) is 6.29 Å². The Balaban J connectivity index is 3.79. The van der Waals surface area contributed by atoms with E-state index >= 15 is 0 Å². The van der Waals surface area contributed by atoms with Crippen LogP contribution in [0.5, 0.6) is 0 Å². The van der Waals surface area contributed by atoms with E-state index in [4.69, 9.17) is 0 Å². The van der Waals surface area contributed by atoms with Gasteiger partial charge in [-0.3, -0.25) is 4.79 Å². The number of aldehydes is 1. The van der Waals surface area contributed by atoms with Crippen LogP contribution < -0.4 is 0 Å². The lowest BCUT2D eigenvalue weighted by atomic mass is 10.3. The van der Waals surface area contributed by atoms with Crippen LogP contribution >= 0.6 is 22.6 Å². The number of hydrogen-bond acceptors (Lipinski definition) is 1. The molecule has 0 rings (SSSR count). The van der Waals surface area contributed by atoms with Gasteiger partial charge in [0.05, 0.1) is 0 Å². The van der Waals surface area contributed by atoms with Crippen LogP contribution in [0.25, 0.3) is 0 Å². The zero-order valence-corrected chi connectivity index (χ0v) is 6.75. The summed E-state index contributed by atoms with van der Waals surface area (Å²) in [6, 6.07) is 0. The van der Waals surface area contributed by atoms with Gasteiger partial charge in [0.2, 0.25) is 0 Å². The van der Waals surface area contributed by atoms with Crippen LogP contribution in [-0.2, 0) is 4.79 Å². The van der Waals surface area contributed by atoms with Crippen LogP contribution in [0.2, 0.25) is 0 Å². The normalized spacial score (nSPS) is 12.5. The Hall–Kier alpha value is -0.120. The summed E-state index contributed by atoms with van der Waals surface area (Å²) in [5, 5.41) is 0. The first-order valence-electron chi connectivity index (χ1n) is 2.20. The molecule has 0 aromatic heterocycles. The first-order chi connectivity index (χ1) is 3.81. The van der Waals surface area contributed by atoms with E-state index in [1.165, 1.54) is 6.08 Å². The number of allylic oxidation sites excluding steroid dienone is 3. The van der Waals surface area contributed by atoms with Crippen molar-refractivity contribution in [1.82, 2.24) is 0 Å². The summed E-state index contributed by atoms with van der Waals surface area (Å²) < 4.78 is 1.87. The summed E-state index contributed by atoms with van der Waals surface area (Å²) >= 11 is 2.11. The number of carbonyl (C=O) groups excluding carboxylic acids is 1. The van der Waals surface area contributed by atoms with E-state index in [0.29, 0.717) is 0 Å². The van der Waals surface area contributed by atoms with E-state index in [0.717, 1.165) is 11.9 Å². The third kappa shape index (κ3) is 4.05. The maximum Gasteiger partial charge on any atom is 0.143 e. The molecule has 0 atom stereocenters. The van der Waals surface area contributed by atoms with Crippen molar-refractivity contribution in [2.24, 2.45) is 0 Å². The zero-order chi connectivity index (χ0) is 6.41. The molecule has 0 N–H and O–H groups in total. The molecule has 1 nitrogen and oxygen atoms in total. The fraction of sp³-hybridized carbons (Fsp3) is 0.167. The molecule has 0 aliphatic carbocycles. The molecule has 0 aliphatic rings. The molecule has 0 heterocycles. The largest absolute Gasteiger partial charge is 0.299 e. The van der Waals surface area contributed by atoms with Gasteiger partial charge >= 0.3 is 0 Å². The van der Waals surface area contributed by atoms with Gasteiger partial charge in [0.25, 0.3) is 0 Å². The molecule has 0 bridgehead atoms. The number of rotatable bonds is 2. The molecule has 0 radical (unpaired) electrons. The minimum atomic E-state index is 0.784. The minimum Gasteiger partial charge on any atom is -0.299 e. The predicted octanol–water partition coefficient (Wildman–Crippen LogP) is 2.08. The van der Waals surface area contributed by atoms with Crippen molar-refractivity contribution in [3.63, 3.8) is 0 Å². The molecule has 44 valence electrons. The molecular formula is C6H7IO. The zero-order valence-electron chi connectivity index (χ0n) is 4.60. The standard InChI is InChI=1S/C6H7IO/c1-6(2-4-7)3-5-8/h2-5H,1H3/b4-2+,6-3+. The summed E-state index contributed by atoms with van der Waals surface area (Å²) in [5.74, 6) is 0. The highest BCUT2D eigenvalue weighted by atomic mass is 127. The molecule has 0 aliphatic heterocycles. The topological polar surface area (TPSA) is 17.1 Å². The first-order valence-corrected chi connectivity index (χ1v) is 3.44. The highest BCUT2D eigenvalue weighted by Crippen LogP contribution is 1.95. The van der Waals surface area contributed by atoms with E-state index in [9.17, 15) is 4.79 Å². The Morgan fingerprint density at radius 1 is 1.62 bits per heavy atom. The van der Waals surface area contributed by atoms with Gasteiger partial charge < -0.3 is 0 Å². The maximum absolute atomic E-state index is 9.78. The smallest absolute Gasteiger partial charge is 0.143 e. The van der Waals surface area contributed by atoms with E-state index < -0.39 is 0 Å². The second kappa shape index (κ2) is 5.03. The molecular weight excluding hydrogens is 215 g/mol. The van der Waals surface area contributed by atoms with E-state index in [1.807, 2.05) is 17.1 Å². The van der Waals surface area contributed by atoms with Gasteiger partial charge in [-0.05, 0) is 22.7 Å². The summed E-state index contributed by atoms with van der Waals surface area (Å²) in [4.78, 5) is 9.78. The summed E-state index contributed by atoms with van der Waals surface area (Å²) in [5.41, 5.74) is 0.981. The van der Waals surface area contributed by atoms with E-state index in [-0.39, 0.29) is 0 Å². The van der Waals surface area contributed by atoms with Crippen LogP contribution in [0.3, 0.4) is 0 Å². The molecule has 0 saturated carbocycles. The van der Waals surface area contributed by atoms with Crippen molar-refractivity contribution in [2.75, 3.05) is 0 Å². The molecule has 0 spiro atoms. The van der Waals surface area contributed by atoms with Crippen molar-refractivity contribution < 1.29 is 4.79 Å². The van der Waals surface area contributed by atoms with Gasteiger partial charge in [0, 0.05) is 0 Å². The fourth-order valence-electron chi connectivity index (χ4n) is 0.262. The quantitative estimate of drug-likeness (QED) is 0.302. The first kappa shape index (κ1) is 7.88. The second-order valence-electron chi connectivity index (χ2n) is 1.34. The van der Waals surface area contributed by atoms with Gasteiger partial charge in [0.15, 0.2) is 0 Å². The summed E-state index contributed by atoms with van der Waals surface area (Å²) in [7, 11) is 0. The van der Waals surface area contributed by atoms with Gasteiger partial charge in [-0.25, -0.2) is 0 Å². The average Bonchev–Trinajstić information content (AvgIpc) is 1.68. The molecule has 8 heavy (non-hydrogen) atoms. The molecule has 0 aromatic rings. The van der Waals surface area contributed by atoms with Crippen LogP contribution in [0, 0.1) is 0 Å². The van der Waals surface area contributed by atoms with Gasteiger partial charge in [-0.2, -0.15) is 0 Å². The van der Waals surface area contributed by atoms with Crippen molar-refractivity contribution in [2.45, 2.75) is 6.92 Å². The van der Waals surface area contributed by atoms with E-state index in [2.05, 4.69) is 22.6 Å². The van der Waals surface area contributed by atoms with Crippen LogP contribution in [-0.4, -0.2) is 6.29 Å². The van der Waals surface area contributed by atoms with Gasteiger partial charge in [-0.1, -0.05) is 28.7 Å². The predicted molar refractivity (Wildman–Crippen MR) is 43.0 cm³/mol. The third-order valence-electron chi connectivity index (χ3n) is 0.657. The number of halogens is 1. The van der Waals surface area contributed by atoms with Gasteiger partial charge in [-0.15, -0.1) is 0 Å². The Kier molecular flexibility index (Phi) is 4.95. The second-order valence-corrected chi connectivity index (χ2v) is 2.06. The van der Waals surface area contributed by atoms with Crippen molar-refractivity contribution in [1.29, 1.82) is 0 Å². The minimum absolute atomic E-state index is 0.784. The van der Waals surface area contributed by atoms with Crippen molar-refractivity contribution in [3.05, 3.63) is 21.8 Å². The van der Waals surface area contributed by atoms with Crippen molar-refractivity contribution >= 4 is 28.9 Å². The molecule has 0 amide bonds.